The van der Waals surface area contributed by atoms with Crippen molar-refractivity contribution in [2.24, 2.45) is 10.7 Å². The minimum absolute atomic E-state index is 0.0570. The van der Waals surface area contributed by atoms with Crippen LogP contribution in [0.25, 0.3) is 0 Å². The van der Waals surface area contributed by atoms with Crippen molar-refractivity contribution in [3.63, 3.8) is 0 Å². The molecule has 0 aromatic rings. The number of rotatable bonds is 2. The molecule has 0 saturated carbocycles. The number of nitrogens with zero attached hydrogens (tertiary/aromatic N) is 1. The number of carbonyl (C=O) groups is 3. The Bertz CT molecular complexity index is 621. The summed E-state index contributed by atoms with van der Waals surface area (Å²) in [6, 6.07) is 0. The molecule has 2 aliphatic rings. The average Bonchev–Trinajstić information content (AvgIpc) is 2.38. The van der Waals surface area contributed by atoms with Crippen molar-refractivity contribution < 1.29 is 14.4 Å². The molecule has 2 rings (SSSR count). The Morgan fingerprint density at radius 3 is 2.58 bits per heavy atom. The predicted octanol–water partition coefficient (Wildman–Crippen LogP) is 0.432. The number of hydrogen-bond donors (Lipinski definition) is 1. The van der Waals surface area contributed by atoms with Crippen molar-refractivity contribution >= 4 is 23.6 Å². The largest absolute Gasteiger partial charge is 0.396 e. The molecule has 0 aromatic carbocycles. The summed E-state index contributed by atoms with van der Waals surface area (Å²) in [5.41, 5.74) is 5.09. The molecule has 0 spiro atoms. The Labute approximate surface area is 109 Å². The highest BCUT2D eigenvalue weighted by Gasteiger charge is 2.29. The number of hydrogen-bond acceptors (Lipinski definition) is 5. The average molecular weight is 256 g/mol. The van der Waals surface area contributed by atoms with Gasteiger partial charge in [0.2, 0.25) is 11.6 Å². The van der Waals surface area contributed by atoms with Crippen LogP contribution in [0.2, 0.25) is 0 Å². The van der Waals surface area contributed by atoms with Gasteiger partial charge in [-0.15, -0.1) is 0 Å². The Balaban J connectivity index is 2.48. The van der Waals surface area contributed by atoms with Gasteiger partial charge in [0.15, 0.2) is 11.8 Å². The summed E-state index contributed by atoms with van der Waals surface area (Å²) in [5, 5.41) is 0. The van der Waals surface area contributed by atoms with E-state index in [9.17, 15) is 14.4 Å². The molecule has 0 saturated heterocycles. The van der Waals surface area contributed by atoms with Crippen LogP contribution >= 0.6 is 0 Å². The second-order valence-corrected chi connectivity index (χ2v) is 4.39. The first-order valence-electron chi connectivity index (χ1n) is 5.64. The smallest absolute Gasteiger partial charge is 0.203 e. The molecule has 0 amide bonds. The highest BCUT2D eigenvalue weighted by atomic mass is 16.1. The van der Waals surface area contributed by atoms with Gasteiger partial charge >= 0.3 is 0 Å². The minimum atomic E-state index is -1.38. The summed E-state index contributed by atoms with van der Waals surface area (Å²) in [5.74, 6) is -0.664. The van der Waals surface area contributed by atoms with Crippen LogP contribution in [-0.4, -0.2) is 29.1 Å². The van der Waals surface area contributed by atoms with Crippen LogP contribution in [0.1, 0.15) is 6.92 Å². The van der Waals surface area contributed by atoms with E-state index in [0.29, 0.717) is 6.29 Å². The molecular weight excluding hydrogens is 244 g/mol. The zero-order chi connectivity index (χ0) is 14.0. The zero-order valence-corrected chi connectivity index (χ0v) is 10.3. The summed E-state index contributed by atoms with van der Waals surface area (Å²) < 4.78 is 0. The lowest BCUT2D eigenvalue weighted by molar-refractivity contribution is -0.111. The molecule has 0 aliphatic heterocycles. The third kappa shape index (κ3) is 2.49. The number of carbonyl (C=O) groups excluding carboxylic acids is 3. The topological polar surface area (TPSA) is 89.6 Å². The van der Waals surface area contributed by atoms with Crippen LogP contribution in [-0.2, 0) is 14.4 Å². The number of aliphatic imine (C=N–C) groups is 1. The van der Waals surface area contributed by atoms with Gasteiger partial charge in [-0.3, -0.25) is 19.4 Å². The van der Waals surface area contributed by atoms with Gasteiger partial charge in [0.05, 0.1) is 5.70 Å². The van der Waals surface area contributed by atoms with Gasteiger partial charge in [-0.2, -0.15) is 0 Å². The van der Waals surface area contributed by atoms with Crippen molar-refractivity contribution in [1.29, 1.82) is 0 Å². The van der Waals surface area contributed by atoms with E-state index in [1.807, 2.05) is 6.92 Å². The third-order valence-electron chi connectivity index (χ3n) is 2.79. The molecule has 0 bridgehead atoms. The summed E-state index contributed by atoms with van der Waals surface area (Å²) in [6.07, 6.45) is 8.96. The molecular formula is C14H12N2O3. The lowest BCUT2D eigenvalue weighted by Gasteiger charge is -2.20. The first-order valence-corrected chi connectivity index (χ1v) is 5.64. The van der Waals surface area contributed by atoms with E-state index in [0.717, 1.165) is 5.57 Å². The fourth-order valence-electron chi connectivity index (χ4n) is 1.77. The molecule has 2 aliphatic carbocycles. The van der Waals surface area contributed by atoms with Crippen LogP contribution in [0.3, 0.4) is 0 Å². The molecule has 0 heterocycles. The molecule has 1 unspecified atom stereocenters. The van der Waals surface area contributed by atoms with Gasteiger partial charge in [0.25, 0.3) is 0 Å². The molecule has 0 fully saturated rings. The first kappa shape index (κ1) is 12.9. The van der Waals surface area contributed by atoms with Crippen LogP contribution in [0.4, 0.5) is 0 Å². The second-order valence-electron chi connectivity index (χ2n) is 4.39. The predicted molar refractivity (Wildman–Crippen MR) is 70.6 cm³/mol. The highest BCUT2D eigenvalue weighted by Crippen LogP contribution is 2.20. The molecule has 2 N–H and O–H groups in total. The van der Waals surface area contributed by atoms with Crippen molar-refractivity contribution in [2.45, 2.75) is 12.5 Å². The van der Waals surface area contributed by atoms with Gasteiger partial charge < -0.3 is 5.73 Å². The molecule has 5 nitrogen and oxygen atoms in total. The van der Waals surface area contributed by atoms with E-state index in [4.69, 9.17) is 5.73 Å². The van der Waals surface area contributed by atoms with Gasteiger partial charge in [0, 0.05) is 0 Å². The van der Waals surface area contributed by atoms with Crippen molar-refractivity contribution in [3.8, 4) is 0 Å². The summed E-state index contributed by atoms with van der Waals surface area (Å²) >= 11 is 0. The maximum absolute atomic E-state index is 11.7. The fourth-order valence-corrected chi connectivity index (χ4v) is 1.77. The molecule has 19 heavy (non-hydrogen) atoms. The number of nitrogens with two attached hydrogens (primary N) is 1. The fraction of sp³-hybridized carbons (Fsp3) is 0.143. The lowest BCUT2D eigenvalue weighted by atomic mass is 9.93. The van der Waals surface area contributed by atoms with Crippen molar-refractivity contribution in [2.75, 3.05) is 0 Å². The Hall–Kier alpha value is -2.56. The van der Waals surface area contributed by atoms with E-state index >= 15 is 0 Å². The number of ketones is 2. The molecule has 96 valence electrons. The van der Waals surface area contributed by atoms with Crippen LogP contribution in [0.15, 0.2) is 52.7 Å². The highest BCUT2D eigenvalue weighted by molar-refractivity contribution is 6.49. The van der Waals surface area contributed by atoms with Crippen molar-refractivity contribution in [3.05, 3.63) is 47.7 Å². The maximum Gasteiger partial charge on any atom is 0.203 e. The zero-order valence-electron chi connectivity index (χ0n) is 10.3. The van der Waals surface area contributed by atoms with Crippen LogP contribution in [0, 0.1) is 0 Å². The summed E-state index contributed by atoms with van der Waals surface area (Å²) in [4.78, 5) is 38.4. The third-order valence-corrected chi connectivity index (χ3v) is 2.79. The molecule has 0 radical (unpaired) electrons. The van der Waals surface area contributed by atoms with Gasteiger partial charge in [-0.1, -0.05) is 6.08 Å². The number of allylic oxidation sites excluding steroid dienone is 5. The minimum Gasteiger partial charge on any atom is -0.396 e. The molecule has 0 aromatic heterocycles. The Morgan fingerprint density at radius 1 is 1.21 bits per heavy atom. The van der Waals surface area contributed by atoms with E-state index in [1.54, 1.807) is 12.2 Å². The second kappa shape index (κ2) is 4.61. The SMILES string of the molecule is CC1=CC(=NC2(C=O)C=CC(=O)C(N)=C2)C(=O)C=C1. The number of aldehydes is 1. The monoisotopic (exact) mass is 256 g/mol. The van der Waals surface area contributed by atoms with E-state index in [-0.39, 0.29) is 23.0 Å². The van der Waals surface area contributed by atoms with Crippen LogP contribution in [0.5, 0.6) is 0 Å². The summed E-state index contributed by atoms with van der Waals surface area (Å²) in [7, 11) is 0. The summed E-state index contributed by atoms with van der Waals surface area (Å²) in [6.45, 7) is 1.82. The lowest BCUT2D eigenvalue weighted by Crippen LogP contribution is -2.32. The van der Waals surface area contributed by atoms with Gasteiger partial charge in [-0.25, -0.2) is 0 Å². The van der Waals surface area contributed by atoms with Crippen LogP contribution < -0.4 is 5.73 Å². The molecule has 5 heteroatoms. The Kier molecular flexibility index (Phi) is 3.12. The van der Waals surface area contributed by atoms with E-state index < -0.39 is 5.54 Å². The van der Waals surface area contributed by atoms with Gasteiger partial charge in [-0.05, 0) is 42.9 Å². The Morgan fingerprint density at radius 2 is 1.95 bits per heavy atom. The normalized spacial score (nSPS) is 28.4. The standard InChI is InChI=1S/C14H12N2O3/c1-9-2-3-13(19)11(6-9)16-14(8-17)5-4-12(18)10(15)7-14/h2-8H,15H2,1H3. The quantitative estimate of drug-likeness (QED) is 0.573. The first-order chi connectivity index (χ1) is 8.96. The van der Waals surface area contributed by atoms with Crippen molar-refractivity contribution in [1.82, 2.24) is 0 Å². The van der Waals surface area contributed by atoms with E-state index in [1.165, 1.54) is 24.3 Å². The van der Waals surface area contributed by atoms with Gasteiger partial charge in [0.1, 0.15) is 5.71 Å². The molecule has 1 atom stereocenters. The van der Waals surface area contributed by atoms with E-state index in [2.05, 4.69) is 4.99 Å². The maximum atomic E-state index is 11.7.